The quantitative estimate of drug-likeness (QED) is 0.771. The van der Waals surface area contributed by atoms with Crippen LogP contribution < -0.4 is 9.47 Å². The third-order valence-electron chi connectivity index (χ3n) is 4.13. The molecular formula is C18H21FN2O4S. The fourth-order valence-electron chi connectivity index (χ4n) is 2.89. The number of ether oxygens (including phenoxy) is 2. The number of pyridine rings is 1. The highest BCUT2D eigenvalue weighted by molar-refractivity contribution is 7.89. The Morgan fingerprint density at radius 3 is 2.73 bits per heavy atom. The predicted molar refractivity (Wildman–Crippen MR) is 94.2 cm³/mol. The van der Waals surface area contributed by atoms with E-state index in [4.69, 9.17) is 9.47 Å². The second-order valence-corrected chi connectivity index (χ2v) is 7.89. The second-order valence-electron chi connectivity index (χ2n) is 5.95. The maximum Gasteiger partial charge on any atom is 0.243 e. The van der Waals surface area contributed by atoms with Crippen molar-refractivity contribution in [1.29, 1.82) is 0 Å². The first-order chi connectivity index (χ1) is 12.5. The smallest absolute Gasteiger partial charge is 0.243 e. The van der Waals surface area contributed by atoms with E-state index in [-0.39, 0.29) is 23.3 Å². The summed E-state index contributed by atoms with van der Waals surface area (Å²) in [5.74, 6) is 0.00914. The van der Waals surface area contributed by atoms with E-state index >= 15 is 0 Å². The molecule has 1 aliphatic rings. The summed E-state index contributed by atoms with van der Waals surface area (Å²) in [5.41, 5.74) is 0. The molecule has 0 saturated carbocycles. The number of sulfonamides is 1. The van der Waals surface area contributed by atoms with Gasteiger partial charge in [0.2, 0.25) is 10.0 Å². The lowest BCUT2D eigenvalue weighted by Gasteiger charge is -2.32. The molecule has 1 fully saturated rings. The van der Waals surface area contributed by atoms with E-state index in [2.05, 4.69) is 4.98 Å². The molecule has 3 rings (SSSR count). The largest absolute Gasteiger partial charge is 0.491 e. The van der Waals surface area contributed by atoms with Gasteiger partial charge in [0.05, 0.1) is 18.0 Å². The predicted octanol–water partition coefficient (Wildman–Crippen LogP) is 2.85. The third-order valence-corrected chi connectivity index (χ3v) is 6.00. The van der Waals surface area contributed by atoms with Crippen molar-refractivity contribution in [3.8, 4) is 11.5 Å². The van der Waals surface area contributed by atoms with Crippen LogP contribution in [-0.2, 0) is 10.0 Å². The number of hydrogen-bond acceptors (Lipinski definition) is 5. The van der Waals surface area contributed by atoms with E-state index in [9.17, 15) is 12.8 Å². The summed E-state index contributed by atoms with van der Waals surface area (Å²) in [7, 11) is -3.80. The van der Waals surface area contributed by atoms with E-state index in [0.29, 0.717) is 25.3 Å². The van der Waals surface area contributed by atoms with E-state index in [0.717, 1.165) is 12.5 Å². The van der Waals surface area contributed by atoms with Gasteiger partial charge >= 0.3 is 0 Å². The van der Waals surface area contributed by atoms with E-state index in [1.807, 2.05) is 0 Å². The SMILES string of the molecule is CCOc1ccc(S(=O)(=O)N2CCCC(Oc3ccncc3)C2)cc1F. The van der Waals surface area contributed by atoms with Crippen LogP contribution in [0.5, 0.6) is 11.5 Å². The Kier molecular flexibility index (Phi) is 5.73. The van der Waals surface area contributed by atoms with Crippen LogP contribution >= 0.6 is 0 Å². The zero-order valence-corrected chi connectivity index (χ0v) is 15.3. The van der Waals surface area contributed by atoms with E-state index < -0.39 is 15.8 Å². The van der Waals surface area contributed by atoms with Crippen LogP contribution in [0.15, 0.2) is 47.6 Å². The van der Waals surface area contributed by atoms with Gasteiger partial charge in [-0.05, 0) is 50.1 Å². The number of piperidine rings is 1. The van der Waals surface area contributed by atoms with Crippen molar-refractivity contribution in [2.75, 3.05) is 19.7 Å². The summed E-state index contributed by atoms with van der Waals surface area (Å²) < 4.78 is 52.1. The molecule has 1 atom stereocenters. The summed E-state index contributed by atoms with van der Waals surface area (Å²) in [5, 5.41) is 0. The van der Waals surface area contributed by atoms with Gasteiger partial charge in [-0.15, -0.1) is 0 Å². The molecule has 0 N–H and O–H groups in total. The molecule has 6 nitrogen and oxygen atoms in total. The minimum absolute atomic E-state index is 0.0454. The van der Waals surface area contributed by atoms with Crippen molar-refractivity contribution in [2.24, 2.45) is 0 Å². The van der Waals surface area contributed by atoms with E-state index in [1.165, 1.54) is 16.4 Å². The molecule has 1 aliphatic heterocycles. The average molecular weight is 380 g/mol. The Labute approximate surface area is 152 Å². The molecular weight excluding hydrogens is 359 g/mol. The van der Waals surface area contributed by atoms with Crippen molar-refractivity contribution in [2.45, 2.75) is 30.8 Å². The highest BCUT2D eigenvalue weighted by atomic mass is 32.2. The lowest BCUT2D eigenvalue weighted by molar-refractivity contribution is 0.129. The zero-order chi connectivity index (χ0) is 18.6. The van der Waals surface area contributed by atoms with Gasteiger partial charge in [0, 0.05) is 18.9 Å². The summed E-state index contributed by atoms with van der Waals surface area (Å²) in [6.45, 7) is 2.65. The minimum Gasteiger partial charge on any atom is -0.491 e. The number of aromatic nitrogens is 1. The summed E-state index contributed by atoms with van der Waals surface area (Å²) >= 11 is 0. The Morgan fingerprint density at radius 1 is 1.27 bits per heavy atom. The standard InChI is InChI=1S/C18H21FN2O4S/c1-2-24-18-6-5-16(12-17(18)19)26(22,23)21-11-3-4-15(13-21)25-14-7-9-20-10-8-14/h5-10,12,15H,2-4,11,13H2,1H3. The Morgan fingerprint density at radius 2 is 2.04 bits per heavy atom. The van der Waals surface area contributed by atoms with Crippen molar-refractivity contribution in [3.63, 3.8) is 0 Å². The van der Waals surface area contributed by atoms with Crippen molar-refractivity contribution in [3.05, 3.63) is 48.5 Å². The fourth-order valence-corrected chi connectivity index (χ4v) is 4.41. The molecule has 0 bridgehead atoms. The first-order valence-electron chi connectivity index (χ1n) is 8.50. The first-order valence-corrected chi connectivity index (χ1v) is 9.94. The molecule has 1 aromatic carbocycles. The topological polar surface area (TPSA) is 68.7 Å². The van der Waals surface area contributed by atoms with Crippen molar-refractivity contribution in [1.82, 2.24) is 9.29 Å². The van der Waals surface area contributed by atoms with Crippen LogP contribution in [0.4, 0.5) is 4.39 Å². The van der Waals surface area contributed by atoms with Gasteiger partial charge in [0.25, 0.3) is 0 Å². The lowest BCUT2D eigenvalue weighted by atomic mass is 10.1. The summed E-state index contributed by atoms with van der Waals surface area (Å²) in [6.07, 6.45) is 4.42. The fraction of sp³-hybridized carbons (Fsp3) is 0.389. The van der Waals surface area contributed by atoms with Crippen LogP contribution in [0.25, 0.3) is 0 Å². The number of hydrogen-bond donors (Lipinski definition) is 0. The maximum atomic E-state index is 14.1. The molecule has 1 aromatic heterocycles. The molecule has 2 heterocycles. The van der Waals surface area contributed by atoms with Gasteiger partial charge in [-0.1, -0.05) is 0 Å². The normalized spacial score (nSPS) is 18.5. The van der Waals surface area contributed by atoms with Crippen LogP contribution in [-0.4, -0.2) is 43.5 Å². The van der Waals surface area contributed by atoms with Crippen LogP contribution in [0.1, 0.15) is 19.8 Å². The van der Waals surface area contributed by atoms with Gasteiger partial charge in [0.15, 0.2) is 11.6 Å². The molecule has 0 spiro atoms. The van der Waals surface area contributed by atoms with Gasteiger partial charge in [-0.3, -0.25) is 4.98 Å². The summed E-state index contributed by atoms with van der Waals surface area (Å²) in [4.78, 5) is 3.85. The Hall–Kier alpha value is -2.19. The first kappa shape index (κ1) is 18.6. The highest BCUT2D eigenvalue weighted by Gasteiger charge is 2.31. The van der Waals surface area contributed by atoms with Gasteiger partial charge in [-0.2, -0.15) is 4.31 Å². The molecule has 0 radical (unpaired) electrons. The van der Waals surface area contributed by atoms with Crippen molar-refractivity contribution >= 4 is 10.0 Å². The minimum atomic E-state index is -3.80. The molecule has 1 saturated heterocycles. The average Bonchev–Trinajstić information content (AvgIpc) is 2.64. The Balaban J connectivity index is 1.75. The zero-order valence-electron chi connectivity index (χ0n) is 14.5. The van der Waals surface area contributed by atoms with E-state index in [1.54, 1.807) is 31.5 Å². The second kappa shape index (κ2) is 8.01. The van der Waals surface area contributed by atoms with Crippen LogP contribution in [0, 0.1) is 5.82 Å². The lowest BCUT2D eigenvalue weighted by Crippen LogP contribution is -2.44. The van der Waals surface area contributed by atoms with Crippen LogP contribution in [0.3, 0.4) is 0 Å². The van der Waals surface area contributed by atoms with Gasteiger partial charge < -0.3 is 9.47 Å². The van der Waals surface area contributed by atoms with Gasteiger partial charge in [-0.25, -0.2) is 12.8 Å². The number of halogens is 1. The number of nitrogens with zero attached hydrogens (tertiary/aromatic N) is 2. The molecule has 0 aliphatic carbocycles. The highest BCUT2D eigenvalue weighted by Crippen LogP contribution is 2.26. The molecule has 26 heavy (non-hydrogen) atoms. The Bertz CT molecular complexity index is 846. The molecule has 8 heteroatoms. The summed E-state index contributed by atoms with van der Waals surface area (Å²) in [6, 6.07) is 7.19. The molecule has 2 aromatic rings. The molecule has 140 valence electrons. The number of rotatable bonds is 6. The monoisotopic (exact) mass is 380 g/mol. The van der Waals surface area contributed by atoms with Crippen molar-refractivity contribution < 1.29 is 22.3 Å². The molecule has 0 amide bonds. The maximum absolute atomic E-state index is 14.1. The number of benzene rings is 1. The molecule has 1 unspecified atom stereocenters. The van der Waals surface area contributed by atoms with Gasteiger partial charge in [0.1, 0.15) is 11.9 Å². The third kappa shape index (κ3) is 4.13. The van der Waals surface area contributed by atoms with Crippen LogP contribution in [0.2, 0.25) is 0 Å².